The van der Waals surface area contributed by atoms with E-state index in [4.69, 9.17) is 15.2 Å². The molecule has 8 heteroatoms. The average Bonchev–Trinajstić information content (AvgIpc) is 2.72. The molecule has 1 amide bonds. The monoisotopic (exact) mass is 446 g/mol. The van der Waals surface area contributed by atoms with Crippen LogP contribution in [-0.2, 0) is 25.5 Å². The minimum Gasteiger partial charge on any atom is -0.467 e. The topological polar surface area (TPSA) is 90.6 Å². The summed E-state index contributed by atoms with van der Waals surface area (Å²) in [6.07, 6.45) is 3.09. The molecule has 2 unspecified atom stereocenters. The Morgan fingerprint density at radius 3 is 2.45 bits per heavy atom. The largest absolute Gasteiger partial charge is 0.467 e. The third kappa shape index (κ3) is 10.3. The Morgan fingerprint density at radius 1 is 1.24 bits per heavy atom. The molecule has 0 fully saturated rings. The van der Waals surface area contributed by atoms with Crippen LogP contribution in [0.2, 0.25) is 0 Å². The summed E-state index contributed by atoms with van der Waals surface area (Å²) < 4.78 is 10.7. The van der Waals surface area contributed by atoms with Crippen molar-refractivity contribution in [1.29, 1.82) is 0 Å². The number of thioether (sulfide) groups is 1. The number of halogens is 1. The smallest absolute Gasteiger partial charge is 0.328 e. The molecule has 0 aliphatic heterocycles. The molecular weight excluding hydrogens is 412 g/mol. The van der Waals surface area contributed by atoms with Crippen LogP contribution in [0, 0.1) is 5.92 Å². The number of carbonyl (C=O) groups is 2. The second-order valence-electron chi connectivity index (χ2n) is 6.93. The van der Waals surface area contributed by atoms with E-state index < -0.39 is 18.1 Å². The molecule has 0 saturated heterocycles. The highest BCUT2D eigenvalue weighted by Gasteiger charge is 2.27. The zero-order valence-electron chi connectivity index (χ0n) is 17.8. The molecular formula is C21H35ClN2O4S. The second-order valence-corrected chi connectivity index (χ2v) is 7.91. The summed E-state index contributed by atoms with van der Waals surface area (Å²) in [6, 6.07) is 8.83. The molecule has 0 aliphatic carbocycles. The summed E-state index contributed by atoms with van der Waals surface area (Å²) >= 11 is 1.61. The van der Waals surface area contributed by atoms with Gasteiger partial charge in [0.05, 0.1) is 13.7 Å². The van der Waals surface area contributed by atoms with Crippen LogP contribution >= 0.6 is 24.2 Å². The van der Waals surface area contributed by atoms with Gasteiger partial charge in [-0.25, -0.2) is 4.79 Å². The van der Waals surface area contributed by atoms with Gasteiger partial charge in [0.15, 0.2) is 0 Å². The standard InChI is InChI=1S/C21H34N2O4S.ClH/c1-5-15(2)17(22)14-27-19(13-16-9-7-6-8-10-16)20(24)23-18(11-12-28-4)21(25)26-3;/h6-10,15,17-19H,5,11-14,22H2,1-4H3,(H,23,24);1H/t15-,17?,18-,19?;/m0./s1. The molecule has 1 aromatic rings. The van der Waals surface area contributed by atoms with Gasteiger partial charge < -0.3 is 20.5 Å². The Bertz CT molecular complexity index is 591. The first-order valence-electron chi connectivity index (χ1n) is 9.71. The van der Waals surface area contributed by atoms with E-state index in [1.165, 1.54) is 7.11 Å². The van der Waals surface area contributed by atoms with Crippen LogP contribution in [0.3, 0.4) is 0 Å². The molecule has 0 aliphatic rings. The Labute approximate surface area is 185 Å². The number of benzene rings is 1. The van der Waals surface area contributed by atoms with Crippen LogP contribution in [-0.4, -0.2) is 55.8 Å². The lowest BCUT2D eigenvalue weighted by Gasteiger charge is -2.24. The van der Waals surface area contributed by atoms with Crippen molar-refractivity contribution in [2.45, 2.75) is 51.3 Å². The number of nitrogens with one attached hydrogen (secondary N) is 1. The van der Waals surface area contributed by atoms with Gasteiger partial charge in [0.1, 0.15) is 12.1 Å². The van der Waals surface area contributed by atoms with Crippen LogP contribution in [0.5, 0.6) is 0 Å². The van der Waals surface area contributed by atoms with Crippen molar-refractivity contribution in [2.75, 3.05) is 25.7 Å². The summed E-state index contributed by atoms with van der Waals surface area (Å²) in [4.78, 5) is 24.9. The summed E-state index contributed by atoms with van der Waals surface area (Å²) in [7, 11) is 1.32. The number of esters is 1. The van der Waals surface area contributed by atoms with Gasteiger partial charge in [0.25, 0.3) is 0 Å². The van der Waals surface area contributed by atoms with Crippen molar-refractivity contribution in [1.82, 2.24) is 5.32 Å². The highest BCUT2D eigenvalue weighted by Crippen LogP contribution is 2.11. The molecule has 0 bridgehead atoms. The van der Waals surface area contributed by atoms with E-state index >= 15 is 0 Å². The fraction of sp³-hybridized carbons (Fsp3) is 0.619. The van der Waals surface area contributed by atoms with Crippen molar-refractivity contribution in [3.05, 3.63) is 35.9 Å². The molecule has 3 N–H and O–H groups in total. The van der Waals surface area contributed by atoms with Crippen molar-refractivity contribution < 1.29 is 19.1 Å². The molecule has 0 heterocycles. The van der Waals surface area contributed by atoms with Gasteiger partial charge in [-0.3, -0.25) is 4.79 Å². The molecule has 6 nitrogen and oxygen atoms in total. The summed E-state index contributed by atoms with van der Waals surface area (Å²) in [5.74, 6) is 0.266. The third-order valence-corrected chi connectivity index (χ3v) is 5.48. The van der Waals surface area contributed by atoms with Crippen molar-refractivity contribution in [3.63, 3.8) is 0 Å². The summed E-state index contributed by atoms with van der Waals surface area (Å²) in [5, 5.41) is 2.80. The Morgan fingerprint density at radius 2 is 1.90 bits per heavy atom. The van der Waals surface area contributed by atoms with Gasteiger partial charge in [-0.2, -0.15) is 11.8 Å². The molecule has 0 spiro atoms. The SMILES string of the molecule is CC[C@H](C)C(N)COC(Cc1ccccc1)C(=O)N[C@@H](CCSC)C(=O)OC.Cl. The molecule has 1 rings (SSSR count). The fourth-order valence-electron chi connectivity index (χ4n) is 2.64. The predicted molar refractivity (Wildman–Crippen MR) is 122 cm³/mol. The van der Waals surface area contributed by atoms with Crippen molar-refractivity contribution >= 4 is 36.0 Å². The van der Waals surface area contributed by atoms with Crippen LogP contribution < -0.4 is 11.1 Å². The maximum absolute atomic E-state index is 12.9. The van der Waals surface area contributed by atoms with E-state index in [1.54, 1.807) is 11.8 Å². The van der Waals surface area contributed by atoms with Crippen LogP contribution in [0.4, 0.5) is 0 Å². The zero-order chi connectivity index (χ0) is 20.9. The van der Waals surface area contributed by atoms with Crippen molar-refractivity contribution in [3.8, 4) is 0 Å². The number of methoxy groups -OCH3 is 1. The van der Waals surface area contributed by atoms with Gasteiger partial charge in [-0.15, -0.1) is 12.4 Å². The third-order valence-electron chi connectivity index (χ3n) is 4.83. The van der Waals surface area contributed by atoms with Gasteiger partial charge in [0.2, 0.25) is 5.91 Å². The number of nitrogens with two attached hydrogens (primary N) is 1. The minimum absolute atomic E-state index is 0. The number of hydrogen-bond donors (Lipinski definition) is 2. The van der Waals surface area contributed by atoms with Crippen LogP contribution in [0.25, 0.3) is 0 Å². The van der Waals surface area contributed by atoms with Crippen LogP contribution in [0.15, 0.2) is 30.3 Å². The van der Waals surface area contributed by atoms with E-state index in [0.717, 1.165) is 17.7 Å². The first-order valence-corrected chi connectivity index (χ1v) is 11.1. The number of amides is 1. The summed E-state index contributed by atoms with van der Waals surface area (Å²) in [5.41, 5.74) is 7.16. The molecule has 0 radical (unpaired) electrons. The maximum Gasteiger partial charge on any atom is 0.328 e. The molecule has 4 atom stereocenters. The lowest BCUT2D eigenvalue weighted by atomic mass is 10.0. The van der Waals surface area contributed by atoms with Gasteiger partial charge >= 0.3 is 5.97 Å². The molecule has 1 aromatic carbocycles. The van der Waals surface area contributed by atoms with Crippen molar-refractivity contribution in [2.24, 2.45) is 11.7 Å². The Hall–Kier alpha value is -1.28. The number of rotatable bonds is 13. The number of carbonyl (C=O) groups excluding carboxylic acids is 2. The van der Waals surface area contributed by atoms with E-state index in [9.17, 15) is 9.59 Å². The lowest BCUT2D eigenvalue weighted by Crippen LogP contribution is -2.48. The fourth-order valence-corrected chi connectivity index (χ4v) is 3.11. The zero-order valence-corrected chi connectivity index (χ0v) is 19.4. The van der Waals surface area contributed by atoms with E-state index in [-0.39, 0.29) is 31.0 Å². The van der Waals surface area contributed by atoms with E-state index in [0.29, 0.717) is 18.8 Å². The molecule has 0 saturated carbocycles. The first-order chi connectivity index (χ1) is 13.4. The molecule has 0 aromatic heterocycles. The lowest BCUT2D eigenvalue weighted by molar-refractivity contribution is -0.147. The van der Waals surface area contributed by atoms with Gasteiger partial charge in [0, 0.05) is 12.5 Å². The maximum atomic E-state index is 12.9. The quantitative estimate of drug-likeness (QED) is 0.453. The molecule has 166 valence electrons. The highest BCUT2D eigenvalue weighted by molar-refractivity contribution is 7.98. The predicted octanol–water partition coefficient (Wildman–Crippen LogP) is 2.82. The normalized spacial score (nSPS) is 14.8. The number of hydrogen-bond acceptors (Lipinski definition) is 6. The van der Waals surface area contributed by atoms with Gasteiger partial charge in [-0.05, 0) is 29.9 Å². The van der Waals surface area contributed by atoms with Crippen LogP contribution in [0.1, 0.15) is 32.3 Å². The average molecular weight is 447 g/mol. The second kappa shape index (κ2) is 15.5. The van der Waals surface area contributed by atoms with E-state index in [1.807, 2.05) is 36.6 Å². The Kier molecular flexibility index (Phi) is 14.9. The summed E-state index contributed by atoms with van der Waals surface area (Å²) in [6.45, 7) is 4.43. The van der Waals surface area contributed by atoms with E-state index in [2.05, 4.69) is 19.2 Å². The molecule has 29 heavy (non-hydrogen) atoms. The number of ether oxygens (including phenoxy) is 2. The highest BCUT2D eigenvalue weighted by atomic mass is 35.5. The minimum atomic E-state index is -0.723. The Balaban J connectivity index is 0.00000784. The first kappa shape index (κ1) is 27.7. The van der Waals surface area contributed by atoms with Gasteiger partial charge in [-0.1, -0.05) is 50.6 Å².